The largest absolute Gasteiger partial charge is 0.325 e. The smallest absolute Gasteiger partial charge is 0.238 e. The summed E-state index contributed by atoms with van der Waals surface area (Å²) in [6, 6.07) is 4.12. The summed E-state index contributed by atoms with van der Waals surface area (Å²) in [5.41, 5.74) is 0.476. The van der Waals surface area contributed by atoms with Crippen LogP contribution in [0.4, 0.5) is 5.69 Å². The van der Waals surface area contributed by atoms with E-state index in [1.807, 2.05) is 0 Å². The molecule has 17 heavy (non-hydrogen) atoms. The Labute approximate surface area is 108 Å². The van der Waals surface area contributed by atoms with E-state index in [-0.39, 0.29) is 17.2 Å². The van der Waals surface area contributed by atoms with E-state index in [9.17, 15) is 13.2 Å². The molecule has 0 atom stereocenters. The predicted molar refractivity (Wildman–Crippen MR) is 69.0 cm³/mol. The lowest BCUT2D eigenvalue weighted by Crippen LogP contribution is -2.13. The van der Waals surface area contributed by atoms with Crippen LogP contribution in [0, 0.1) is 0 Å². The summed E-state index contributed by atoms with van der Waals surface area (Å²) in [5, 5.41) is 7.57. The van der Waals surface area contributed by atoms with Crippen LogP contribution >= 0.6 is 15.9 Å². The van der Waals surface area contributed by atoms with E-state index in [1.54, 1.807) is 0 Å². The first-order valence-electron chi connectivity index (χ1n) is 4.57. The van der Waals surface area contributed by atoms with E-state index in [0.29, 0.717) is 10.2 Å². The molecule has 0 bridgehead atoms. The number of hydrogen-bond acceptors (Lipinski definition) is 3. The van der Waals surface area contributed by atoms with E-state index < -0.39 is 10.0 Å². The normalized spacial score (nSPS) is 10.9. The molecule has 0 aliphatic heterocycles. The maximum atomic E-state index is 11.3. The Morgan fingerprint density at radius 3 is 2.65 bits per heavy atom. The number of benzene rings is 1. The highest BCUT2D eigenvalue weighted by Crippen LogP contribution is 2.25. The lowest BCUT2D eigenvalue weighted by atomic mass is 10.3. The molecule has 0 fully saturated rings. The van der Waals surface area contributed by atoms with Crippen molar-refractivity contribution >= 4 is 37.5 Å². The minimum Gasteiger partial charge on any atom is -0.325 e. The van der Waals surface area contributed by atoms with Gasteiger partial charge in [0.1, 0.15) is 0 Å². The van der Waals surface area contributed by atoms with Crippen LogP contribution in [0.25, 0.3) is 0 Å². The van der Waals surface area contributed by atoms with Crippen molar-refractivity contribution in [1.29, 1.82) is 0 Å². The molecule has 1 aromatic carbocycles. The Morgan fingerprint density at radius 1 is 1.53 bits per heavy atom. The fourth-order valence-corrected chi connectivity index (χ4v) is 2.28. The van der Waals surface area contributed by atoms with Gasteiger partial charge >= 0.3 is 0 Å². The highest BCUT2D eigenvalue weighted by molar-refractivity contribution is 9.10. The number of primary sulfonamides is 1. The Bertz CT molecular complexity index is 555. The molecule has 0 aromatic heterocycles. The third-order valence-electron chi connectivity index (χ3n) is 1.87. The van der Waals surface area contributed by atoms with Crippen molar-refractivity contribution in [2.45, 2.75) is 11.3 Å². The van der Waals surface area contributed by atoms with Crippen LogP contribution in [0.15, 0.2) is 40.2 Å². The van der Waals surface area contributed by atoms with Gasteiger partial charge in [0.05, 0.1) is 10.6 Å². The van der Waals surface area contributed by atoms with Gasteiger partial charge in [0.2, 0.25) is 15.9 Å². The summed E-state index contributed by atoms with van der Waals surface area (Å²) in [7, 11) is -3.74. The van der Waals surface area contributed by atoms with Crippen molar-refractivity contribution in [3.05, 3.63) is 35.3 Å². The van der Waals surface area contributed by atoms with Crippen molar-refractivity contribution in [2.75, 3.05) is 5.32 Å². The number of sulfonamides is 1. The number of anilines is 1. The van der Waals surface area contributed by atoms with Gasteiger partial charge in [0.15, 0.2) is 0 Å². The van der Waals surface area contributed by atoms with Gasteiger partial charge in [-0.3, -0.25) is 4.79 Å². The van der Waals surface area contributed by atoms with Gasteiger partial charge in [0.25, 0.3) is 0 Å². The SMILES string of the molecule is C=CCC(=O)Nc1ccc(S(N)(=O)=O)cc1Br. The summed E-state index contributed by atoms with van der Waals surface area (Å²) < 4.78 is 22.6. The summed E-state index contributed by atoms with van der Waals surface area (Å²) in [5.74, 6) is -0.232. The van der Waals surface area contributed by atoms with Crippen LogP contribution in [-0.4, -0.2) is 14.3 Å². The van der Waals surface area contributed by atoms with E-state index in [4.69, 9.17) is 5.14 Å². The lowest BCUT2D eigenvalue weighted by molar-refractivity contribution is -0.115. The molecule has 0 aliphatic rings. The summed E-state index contributed by atoms with van der Waals surface area (Å²) in [4.78, 5) is 11.3. The fraction of sp³-hybridized carbons (Fsp3) is 0.100. The van der Waals surface area contributed by atoms with Gasteiger partial charge in [-0.1, -0.05) is 6.08 Å². The van der Waals surface area contributed by atoms with Crippen LogP contribution < -0.4 is 10.5 Å². The van der Waals surface area contributed by atoms with Crippen LogP contribution in [0.3, 0.4) is 0 Å². The molecule has 5 nitrogen and oxygen atoms in total. The van der Waals surface area contributed by atoms with Crippen molar-refractivity contribution in [3.8, 4) is 0 Å². The maximum absolute atomic E-state index is 11.3. The monoisotopic (exact) mass is 318 g/mol. The lowest BCUT2D eigenvalue weighted by Gasteiger charge is -2.07. The molecular formula is C10H11BrN2O3S. The number of amides is 1. The summed E-state index contributed by atoms with van der Waals surface area (Å²) in [6.07, 6.45) is 1.66. The Morgan fingerprint density at radius 2 is 2.18 bits per heavy atom. The van der Waals surface area contributed by atoms with Crippen molar-refractivity contribution < 1.29 is 13.2 Å². The quantitative estimate of drug-likeness (QED) is 0.826. The third-order valence-corrected chi connectivity index (χ3v) is 3.44. The van der Waals surface area contributed by atoms with E-state index in [1.165, 1.54) is 24.3 Å². The zero-order chi connectivity index (χ0) is 13.1. The predicted octanol–water partition coefficient (Wildman–Crippen LogP) is 1.61. The van der Waals surface area contributed by atoms with E-state index >= 15 is 0 Å². The molecule has 0 saturated heterocycles. The first kappa shape index (κ1) is 13.9. The molecule has 0 radical (unpaired) electrons. The van der Waals surface area contributed by atoms with E-state index in [2.05, 4.69) is 27.8 Å². The molecule has 0 saturated carbocycles. The first-order valence-corrected chi connectivity index (χ1v) is 6.91. The topological polar surface area (TPSA) is 89.3 Å². The number of carbonyl (C=O) groups excluding carboxylic acids is 1. The van der Waals surface area contributed by atoms with Gasteiger partial charge in [-0.15, -0.1) is 6.58 Å². The Hall–Kier alpha value is -1.18. The number of nitrogens with two attached hydrogens (primary N) is 1. The molecule has 0 spiro atoms. The number of carbonyl (C=O) groups is 1. The average Bonchev–Trinajstić information content (AvgIpc) is 2.20. The molecule has 92 valence electrons. The second-order valence-electron chi connectivity index (χ2n) is 3.23. The highest BCUT2D eigenvalue weighted by atomic mass is 79.9. The molecule has 7 heteroatoms. The second-order valence-corrected chi connectivity index (χ2v) is 5.64. The molecule has 1 aromatic rings. The van der Waals surface area contributed by atoms with Crippen molar-refractivity contribution in [1.82, 2.24) is 0 Å². The average molecular weight is 319 g/mol. The Kier molecular flexibility index (Phi) is 4.44. The molecule has 3 N–H and O–H groups in total. The van der Waals surface area contributed by atoms with Gasteiger partial charge < -0.3 is 5.32 Å². The molecule has 1 amide bonds. The zero-order valence-electron chi connectivity index (χ0n) is 8.81. The minimum absolute atomic E-state index is 0.0221. The number of nitrogens with one attached hydrogen (secondary N) is 1. The molecular weight excluding hydrogens is 308 g/mol. The van der Waals surface area contributed by atoms with Gasteiger partial charge in [-0.2, -0.15) is 0 Å². The van der Waals surface area contributed by atoms with Gasteiger partial charge in [-0.25, -0.2) is 13.6 Å². The van der Waals surface area contributed by atoms with Crippen LogP contribution in [0.5, 0.6) is 0 Å². The van der Waals surface area contributed by atoms with Crippen molar-refractivity contribution in [3.63, 3.8) is 0 Å². The molecule has 0 unspecified atom stereocenters. The van der Waals surface area contributed by atoms with Crippen LogP contribution in [0.2, 0.25) is 0 Å². The molecule has 0 heterocycles. The van der Waals surface area contributed by atoms with Crippen molar-refractivity contribution in [2.24, 2.45) is 5.14 Å². The summed E-state index contributed by atoms with van der Waals surface area (Å²) >= 11 is 3.16. The van der Waals surface area contributed by atoms with Gasteiger partial charge in [-0.05, 0) is 34.1 Å². The van der Waals surface area contributed by atoms with Crippen LogP contribution in [0.1, 0.15) is 6.42 Å². The maximum Gasteiger partial charge on any atom is 0.238 e. The highest BCUT2D eigenvalue weighted by Gasteiger charge is 2.11. The number of hydrogen-bond donors (Lipinski definition) is 2. The zero-order valence-corrected chi connectivity index (χ0v) is 11.2. The summed E-state index contributed by atoms with van der Waals surface area (Å²) in [6.45, 7) is 3.44. The van der Waals surface area contributed by atoms with Crippen LogP contribution in [-0.2, 0) is 14.8 Å². The molecule has 1 rings (SSSR count). The first-order chi connectivity index (χ1) is 7.84. The van der Waals surface area contributed by atoms with Gasteiger partial charge in [0, 0.05) is 10.9 Å². The Balaban J connectivity index is 2.99. The molecule has 0 aliphatic carbocycles. The third kappa shape index (κ3) is 3.95. The second kappa shape index (κ2) is 5.44. The number of rotatable bonds is 4. The minimum atomic E-state index is -3.74. The standard InChI is InChI=1S/C10H11BrN2O3S/c1-2-3-10(14)13-9-5-4-7(6-8(9)11)17(12,15)16/h2,4-6H,1,3H2,(H,13,14)(H2,12,15,16). The van der Waals surface area contributed by atoms with E-state index in [0.717, 1.165) is 0 Å². The number of halogens is 1. The fourth-order valence-electron chi connectivity index (χ4n) is 1.11.